The highest BCUT2D eigenvalue weighted by atomic mass is 16.2. The molecule has 1 fully saturated rings. The lowest BCUT2D eigenvalue weighted by molar-refractivity contribution is -0.118. The third-order valence-corrected chi connectivity index (χ3v) is 4.93. The standard InChI is InChI=1S/C22H28N4O2/c1-2-7-20(25-21(27)16-8-5-9-17(23)14-16)22(28)24-18-10-6-11-19(15-18)26-12-3-4-13-26/h5-6,8-11,14-15,20H,2-4,7,12-13,23H2,1H3,(H,24,28)(H,25,27). The molecule has 0 bridgehead atoms. The second kappa shape index (κ2) is 9.26. The van der Waals surface area contributed by atoms with Gasteiger partial charge in [0.05, 0.1) is 0 Å². The minimum atomic E-state index is -0.602. The molecule has 2 amide bonds. The first-order valence-corrected chi connectivity index (χ1v) is 9.89. The number of anilines is 3. The Labute approximate surface area is 166 Å². The van der Waals surface area contributed by atoms with E-state index in [0.717, 1.165) is 30.9 Å². The van der Waals surface area contributed by atoms with Gasteiger partial charge in [0.25, 0.3) is 5.91 Å². The number of nitrogens with two attached hydrogens (primary N) is 1. The second-order valence-corrected chi connectivity index (χ2v) is 7.17. The number of benzene rings is 2. The van der Waals surface area contributed by atoms with Gasteiger partial charge in [0.2, 0.25) is 5.91 Å². The molecular formula is C22H28N4O2. The zero-order chi connectivity index (χ0) is 19.9. The molecule has 6 nitrogen and oxygen atoms in total. The number of rotatable bonds is 7. The van der Waals surface area contributed by atoms with Crippen molar-refractivity contribution in [2.45, 2.75) is 38.6 Å². The number of carbonyl (C=O) groups is 2. The zero-order valence-corrected chi connectivity index (χ0v) is 16.3. The Hall–Kier alpha value is -3.02. The van der Waals surface area contributed by atoms with Crippen LogP contribution in [0.25, 0.3) is 0 Å². The molecule has 0 aromatic heterocycles. The van der Waals surface area contributed by atoms with E-state index in [9.17, 15) is 9.59 Å². The highest BCUT2D eigenvalue weighted by Gasteiger charge is 2.21. The highest BCUT2D eigenvalue weighted by Crippen LogP contribution is 2.23. The van der Waals surface area contributed by atoms with E-state index in [1.54, 1.807) is 24.3 Å². The molecule has 3 rings (SSSR count). The number of hydrogen-bond donors (Lipinski definition) is 3. The molecule has 1 atom stereocenters. The summed E-state index contributed by atoms with van der Waals surface area (Å²) in [6, 6.07) is 14.0. The zero-order valence-electron chi connectivity index (χ0n) is 16.3. The molecule has 148 valence electrons. The van der Waals surface area contributed by atoms with Crippen LogP contribution in [-0.2, 0) is 4.79 Å². The third kappa shape index (κ3) is 5.03. The Morgan fingerprint density at radius 3 is 2.57 bits per heavy atom. The SMILES string of the molecule is CCCC(NC(=O)c1cccc(N)c1)C(=O)Nc1cccc(N2CCCC2)c1. The van der Waals surface area contributed by atoms with Crippen LogP contribution in [0.15, 0.2) is 48.5 Å². The molecule has 0 spiro atoms. The van der Waals surface area contributed by atoms with Crippen molar-refractivity contribution in [2.75, 3.05) is 29.0 Å². The van der Waals surface area contributed by atoms with Gasteiger partial charge in [-0.25, -0.2) is 0 Å². The highest BCUT2D eigenvalue weighted by molar-refractivity contribution is 6.01. The van der Waals surface area contributed by atoms with Crippen molar-refractivity contribution in [1.29, 1.82) is 0 Å². The van der Waals surface area contributed by atoms with Gasteiger partial charge in [-0.2, -0.15) is 0 Å². The molecule has 0 saturated carbocycles. The maximum Gasteiger partial charge on any atom is 0.252 e. The Morgan fingerprint density at radius 1 is 1.11 bits per heavy atom. The van der Waals surface area contributed by atoms with Crippen LogP contribution < -0.4 is 21.3 Å². The van der Waals surface area contributed by atoms with Crippen molar-refractivity contribution in [2.24, 2.45) is 0 Å². The smallest absolute Gasteiger partial charge is 0.252 e. The predicted octanol–water partition coefficient (Wildman–Crippen LogP) is 3.41. The minimum Gasteiger partial charge on any atom is -0.399 e. The van der Waals surface area contributed by atoms with Crippen LogP contribution in [0.1, 0.15) is 43.0 Å². The van der Waals surface area contributed by atoms with Crippen LogP contribution in [-0.4, -0.2) is 30.9 Å². The number of nitrogens with zero attached hydrogens (tertiary/aromatic N) is 1. The van der Waals surface area contributed by atoms with Crippen molar-refractivity contribution < 1.29 is 9.59 Å². The normalized spacial score (nSPS) is 14.5. The first kappa shape index (κ1) is 19.7. The molecule has 0 aliphatic carbocycles. The van der Waals surface area contributed by atoms with Crippen LogP contribution in [0.5, 0.6) is 0 Å². The second-order valence-electron chi connectivity index (χ2n) is 7.17. The van der Waals surface area contributed by atoms with E-state index in [-0.39, 0.29) is 11.8 Å². The summed E-state index contributed by atoms with van der Waals surface area (Å²) in [7, 11) is 0. The first-order chi connectivity index (χ1) is 13.6. The Kier molecular flexibility index (Phi) is 6.53. The predicted molar refractivity (Wildman–Crippen MR) is 114 cm³/mol. The molecule has 6 heteroatoms. The van der Waals surface area contributed by atoms with Gasteiger partial charge in [-0.3, -0.25) is 9.59 Å². The average Bonchev–Trinajstić information content (AvgIpc) is 3.22. The maximum atomic E-state index is 12.8. The molecule has 2 aromatic rings. The number of amides is 2. The van der Waals surface area contributed by atoms with E-state index in [1.807, 2.05) is 25.1 Å². The van der Waals surface area contributed by atoms with E-state index in [2.05, 4.69) is 21.6 Å². The number of nitrogens with one attached hydrogen (secondary N) is 2. The maximum absolute atomic E-state index is 12.8. The molecule has 1 saturated heterocycles. The quantitative estimate of drug-likeness (QED) is 0.643. The van der Waals surface area contributed by atoms with Crippen molar-refractivity contribution in [3.63, 3.8) is 0 Å². The van der Waals surface area contributed by atoms with Gasteiger partial charge in [0.15, 0.2) is 0 Å². The lowest BCUT2D eigenvalue weighted by Crippen LogP contribution is -2.43. The van der Waals surface area contributed by atoms with Crippen molar-refractivity contribution in [3.05, 3.63) is 54.1 Å². The van der Waals surface area contributed by atoms with Gasteiger partial charge in [0.1, 0.15) is 6.04 Å². The molecule has 2 aromatic carbocycles. The fourth-order valence-electron chi connectivity index (χ4n) is 3.46. The average molecular weight is 380 g/mol. The lowest BCUT2D eigenvalue weighted by atomic mass is 10.1. The van der Waals surface area contributed by atoms with E-state index < -0.39 is 6.04 Å². The lowest BCUT2D eigenvalue weighted by Gasteiger charge is -2.20. The fraction of sp³-hybridized carbons (Fsp3) is 0.364. The van der Waals surface area contributed by atoms with Crippen LogP contribution in [0, 0.1) is 0 Å². The molecular weight excluding hydrogens is 352 g/mol. The Morgan fingerprint density at radius 2 is 1.86 bits per heavy atom. The van der Waals surface area contributed by atoms with Crippen molar-refractivity contribution in [3.8, 4) is 0 Å². The topological polar surface area (TPSA) is 87.5 Å². The number of nitrogen functional groups attached to an aromatic ring is 1. The molecule has 1 aliphatic rings. The fourth-order valence-corrected chi connectivity index (χ4v) is 3.46. The molecule has 0 radical (unpaired) electrons. The summed E-state index contributed by atoms with van der Waals surface area (Å²) in [6.45, 7) is 4.08. The van der Waals surface area contributed by atoms with Gasteiger partial charge in [-0.15, -0.1) is 0 Å². The minimum absolute atomic E-state index is 0.210. The third-order valence-electron chi connectivity index (χ3n) is 4.93. The summed E-state index contributed by atoms with van der Waals surface area (Å²) < 4.78 is 0. The van der Waals surface area contributed by atoms with Crippen molar-refractivity contribution in [1.82, 2.24) is 5.32 Å². The van der Waals surface area contributed by atoms with E-state index in [1.165, 1.54) is 12.8 Å². The van der Waals surface area contributed by atoms with Gasteiger partial charge in [-0.1, -0.05) is 25.5 Å². The summed E-state index contributed by atoms with van der Waals surface area (Å²) in [5, 5.41) is 5.79. The monoisotopic (exact) mass is 380 g/mol. The van der Waals surface area contributed by atoms with Gasteiger partial charge < -0.3 is 21.3 Å². The molecule has 1 aliphatic heterocycles. The molecule has 1 heterocycles. The Balaban J connectivity index is 1.67. The van der Waals surface area contributed by atoms with Crippen LogP contribution in [0.4, 0.5) is 17.1 Å². The number of carbonyl (C=O) groups excluding carboxylic acids is 2. The summed E-state index contributed by atoms with van der Waals surface area (Å²) in [5.74, 6) is -0.510. The van der Waals surface area contributed by atoms with Crippen LogP contribution in [0.3, 0.4) is 0 Å². The van der Waals surface area contributed by atoms with Gasteiger partial charge >= 0.3 is 0 Å². The molecule has 4 N–H and O–H groups in total. The summed E-state index contributed by atoms with van der Waals surface area (Å²) in [6.07, 6.45) is 3.74. The van der Waals surface area contributed by atoms with E-state index in [0.29, 0.717) is 17.7 Å². The van der Waals surface area contributed by atoms with Crippen molar-refractivity contribution >= 4 is 28.9 Å². The van der Waals surface area contributed by atoms with Crippen LogP contribution in [0.2, 0.25) is 0 Å². The van der Waals surface area contributed by atoms with E-state index in [4.69, 9.17) is 5.73 Å². The largest absolute Gasteiger partial charge is 0.399 e. The van der Waals surface area contributed by atoms with E-state index >= 15 is 0 Å². The molecule has 1 unspecified atom stereocenters. The number of hydrogen-bond acceptors (Lipinski definition) is 4. The summed E-state index contributed by atoms with van der Waals surface area (Å²) >= 11 is 0. The molecule has 28 heavy (non-hydrogen) atoms. The van der Waals surface area contributed by atoms with Crippen LogP contribution >= 0.6 is 0 Å². The first-order valence-electron chi connectivity index (χ1n) is 9.89. The van der Waals surface area contributed by atoms with Gasteiger partial charge in [0, 0.05) is 35.7 Å². The Bertz CT molecular complexity index is 831. The van der Waals surface area contributed by atoms with Gasteiger partial charge in [-0.05, 0) is 55.7 Å². The summed E-state index contributed by atoms with van der Waals surface area (Å²) in [5.41, 5.74) is 8.58. The summed E-state index contributed by atoms with van der Waals surface area (Å²) in [4.78, 5) is 27.6.